The van der Waals surface area contributed by atoms with Crippen molar-refractivity contribution in [2.75, 3.05) is 7.11 Å². The molecule has 4 heteroatoms. The van der Waals surface area contributed by atoms with Crippen molar-refractivity contribution in [3.8, 4) is 5.75 Å². The van der Waals surface area contributed by atoms with E-state index in [2.05, 4.69) is 0 Å². The maximum absolute atomic E-state index is 11.1. The molecule has 0 unspecified atom stereocenters. The summed E-state index contributed by atoms with van der Waals surface area (Å²) in [7, 11) is 1.47. The Morgan fingerprint density at radius 1 is 1.39 bits per heavy atom. The fourth-order valence-corrected chi connectivity index (χ4v) is 2.28. The zero-order chi connectivity index (χ0) is 13.0. The monoisotopic (exact) mass is 250 g/mol. The molecule has 0 saturated heterocycles. The number of aromatic carboxylic acids is 1. The van der Waals surface area contributed by atoms with Crippen LogP contribution in [0.2, 0.25) is 0 Å². The first-order chi connectivity index (χ1) is 8.70. The molecular weight excluding hydrogens is 232 g/mol. The molecule has 0 atom stereocenters. The molecule has 1 fully saturated rings. The van der Waals surface area contributed by atoms with Gasteiger partial charge in [-0.2, -0.15) is 0 Å². The Kier molecular flexibility index (Phi) is 4.20. The summed E-state index contributed by atoms with van der Waals surface area (Å²) in [4.78, 5) is 11.1. The molecule has 2 rings (SSSR count). The minimum Gasteiger partial charge on any atom is -0.496 e. The van der Waals surface area contributed by atoms with Gasteiger partial charge in [-0.25, -0.2) is 4.79 Å². The van der Waals surface area contributed by atoms with Gasteiger partial charge in [-0.3, -0.25) is 0 Å². The van der Waals surface area contributed by atoms with Gasteiger partial charge in [0.05, 0.1) is 19.8 Å². The number of carbonyl (C=O) groups is 1. The first-order valence-electron chi connectivity index (χ1n) is 6.22. The SMILES string of the molecule is COc1ccc(COC2CCCC2)cc1C(=O)O. The van der Waals surface area contributed by atoms with Gasteiger partial charge in [-0.05, 0) is 30.5 Å². The van der Waals surface area contributed by atoms with E-state index < -0.39 is 5.97 Å². The molecule has 0 radical (unpaired) electrons. The molecule has 1 aliphatic rings. The zero-order valence-corrected chi connectivity index (χ0v) is 10.5. The predicted molar refractivity (Wildman–Crippen MR) is 67.0 cm³/mol. The van der Waals surface area contributed by atoms with Crippen LogP contribution in [-0.2, 0) is 11.3 Å². The maximum Gasteiger partial charge on any atom is 0.339 e. The number of hydrogen-bond acceptors (Lipinski definition) is 3. The zero-order valence-electron chi connectivity index (χ0n) is 10.5. The first-order valence-corrected chi connectivity index (χ1v) is 6.22. The molecule has 1 aromatic rings. The highest BCUT2D eigenvalue weighted by atomic mass is 16.5. The van der Waals surface area contributed by atoms with Gasteiger partial charge < -0.3 is 14.6 Å². The highest BCUT2D eigenvalue weighted by molar-refractivity contribution is 5.91. The molecule has 1 N–H and O–H groups in total. The van der Waals surface area contributed by atoms with E-state index in [0.717, 1.165) is 18.4 Å². The third-order valence-electron chi connectivity index (χ3n) is 3.28. The lowest BCUT2D eigenvalue weighted by molar-refractivity contribution is 0.0456. The molecule has 4 nitrogen and oxygen atoms in total. The lowest BCUT2D eigenvalue weighted by Gasteiger charge is -2.12. The van der Waals surface area contributed by atoms with Crippen LogP contribution in [0.5, 0.6) is 5.75 Å². The minimum atomic E-state index is -0.977. The lowest BCUT2D eigenvalue weighted by Crippen LogP contribution is -2.08. The standard InChI is InChI=1S/C14H18O4/c1-17-13-7-6-10(8-12(13)14(15)16)9-18-11-4-2-3-5-11/h6-8,11H,2-5,9H2,1H3,(H,15,16). The van der Waals surface area contributed by atoms with Crippen molar-refractivity contribution in [3.63, 3.8) is 0 Å². The average molecular weight is 250 g/mol. The largest absolute Gasteiger partial charge is 0.496 e. The number of methoxy groups -OCH3 is 1. The maximum atomic E-state index is 11.1. The fourth-order valence-electron chi connectivity index (χ4n) is 2.28. The number of hydrogen-bond donors (Lipinski definition) is 1. The van der Waals surface area contributed by atoms with E-state index >= 15 is 0 Å². The second-order valence-electron chi connectivity index (χ2n) is 4.56. The summed E-state index contributed by atoms with van der Waals surface area (Å²) >= 11 is 0. The second-order valence-corrected chi connectivity index (χ2v) is 4.56. The van der Waals surface area contributed by atoms with E-state index in [9.17, 15) is 4.79 Å². The van der Waals surface area contributed by atoms with Crippen molar-refractivity contribution < 1.29 is 19.4 Å². The Bertz CT molecular complexity index is 422. The number of carboxylic acids is 1. The van der Waals surface area contributed by atoms with E-state index in [-0.39, 0.29) is 5.56 Å². The molecule has 0 spiro atoms. The Morgan fingerprint density at radius 3 is 2.72 bits per heavy atom. The van der Waals surface area contributed by atoms with Crippen molar-refractivity contribution in [2.45, 2.75) is 38.4 Å². The topological polar surface area (TPSA) is 55.8 Å². The summed E-state index contributed by atoms with van der Waals surface area (Å²) in [5.74, 6) is -0.596. The Balaban J connectivity index is 2.04. The summed E-state index contributed by atoms with van der Waals surface area (Å²) in [5.41, 5.74) is 1.06. The first kappa shape index (κ1) is 12.9. The summed E-state index contributed by atoms with van der Waals surface area (Å²) in [5, 5.41) is 9.08. The molecule has 1 saturated carbocycles. The van der Waals surface area contributed by atoms with Crippen molar-refractivity contribution in [3.05, 3.63) is 29.3 Å². The molecule has 0 bridgehead atoms. The van der Waals surface area contributed by atoms with Crippen LogP contribution >= 0.6 is 0 Å². The van der Waals surface area contributed by atoms with Crippen LogP contribution in [0, 0.1) is 0 Å². The van der Waals surface area contributed by atoms with Gasteiger partial charge in [-0.1, -0.05) is 18.9 Å². The van der Waals surface area contributed by atoms with Crippen molar-refractivity contribution in [1.29, 1.82) is 0 Å². The van der Waals surface area contributed by atoms with Gasteiger partial charge in [-0.15, -0.1) is 0 Å². The third kappa shape index (κ3) is 3.01. The molecule has 1 aliphatic carbocycles. The summed E-state index contributed by atoms with van der Waals surface area (Å²) in [6.07, 6.45) is 5.02. The molecule has 0 amide bonds. The highest BCUT2D eigenvalue weighted by Gasteiger charge is 2.16. The summed E-state index contributed by atoms with van der Waals surface area (Å²) in [6.45, 7) is 0.467. The smallest absolute Gasteiger partial charge is 0.339 e. The Hall–Kier alpha value is -1.55. The van der Waals surface area contributed by atoms with Gasteiger partial charge in [0.2, 0.25) is 0 Å². The Labute approximate surface area is 107 Å². The molecule has 0 aliphatic heterocycles. The van der Waals surface area contributed by atoms with E-state index in [1.807, 2.05) is 6.07 Å². The van der Waals surface area contributed by atoms with Crippen molar-refractivity contribution in [1.82, 2.24) is 0 Å². The molecular formula is C14H18O4. The van der Waals surface area contributed by atoms with E-state index in [0.29, 0.717) is 18.5 Å². The van der Waals surface area contributed by atoms with Crippen LogP contribution in [-0.4, -0.2) is 24.3 Å². The number of carboxylic acid groups (broad SMARTS) is 1. The van der Waals surface area contributed by atoms with Crippen molar-refractivity contribution >= 4 is 5.97 Å². The summed E-state index contributed by atoms with van der Waals surface area (Å²) in [6, 6.07) is 5.15. The number of ether oxygens (including phenoxy) is 2. The molecule has 0 heterocycles. The Morgan fingerprint density at radius 2 is 2.11 bits per heavy atom. The minimum absolute atomic E-state index is 0.185. The van der Waals surface area contributed by atoms with Gasteiger partial charge in [0.25, 0.3) is 0 Å². The van der Waals surface area contributed by atoms with Gasteiger partial charge >= 0.3 is 5.97 Å². The van der Waals surface area contributed by atoms with Crippen LogP contribution in [0.4, 0.5) is 0 Å². The lowest BCUT2D eigenvalue weighted by atomic mass is 10.1. The van der Waals surface area contributed by atoms with E-state index in [4.69, 9.17) is 14.6 Å². The number of benzene rings is 1. The highest BCUT2D eigenvalue weighted by Crippen LogP contribution is 2.24. The molecule has 0 aromatic heterocycles. The van der Waals surface area contributed by atoms with Crippen LogP contribution in [0.15, 0.2) is 18.2 Å². The molecule has 1 aromatic carbocycles. The molecule has 18 heavy (non-hydrogen) atoms. The van der Waals surface area contributed by atoms with Crippen LogP contribution in [0.1, 0.15) is 41.6 Å². The van der Waals surface area contributed by atoms with Gasteiger partial charge in [0, 0.05) is 0 Å². The third-order valence-corrected chi connectivity index (χ3v) is 3.28. The normalized spacial score (nSPS) is 15.8. The second kappa shape index (κ2) is 5.87. The van der Waals surface area contributed by atoms with Gasteiger partial charge in [0.1, 0.15) is 11.3 Å². The van der Waals surface area contributed by atoms with Crippen LogP contribution in [0.3, 0.4) is 0 Å². The van der Waals surface area contributed by atoms with Crippen molar-refractivity contribution in [2.24, 2.45) is 0 Å². The molecule has 98 valence electrons. The average Bonchev–Trinajstić information content (AvgIpc) is 2.89. The van der Waals surface area contributed by atoms with Crippen LogP contribution in [0.25, 0.3) is 0 Å². The predicted octanol–water partition coefficient (Wildman–Crippen LogP) is 2.85. The summed E-state index contributed by atoms with van der Waals surface area (Å²) < 4.78 is 10.8. The van der Waals surface area contributed by atoms with Crippen LogP contribution < -0.4 is 4.74 Å². The fraction of sp³-hybridized carbons (Fsp3) is 0.500. The van der Waals surface area contributed by atoms with E-state index in [1.54, 1.807) is 12.1 Å². The van der Waals surface area contributed by atoms with E-state index in [1.165, 1.54) is 20.0 Å². The van der Waals surface area contributed by atoms with Gasteiger partial charge in [0.15, 0.2) is 0 Å². The quantitative estimate of drug-likeness (QED) is 0.873. The number of rotatable bonds is 5.